The lowest BCUT2D eigenvalue weighted by atomic mass is 10.2. The molecule has 0 radical (unpaired) electrons. The maximum absolute atomic E-state index is 3.54. The van der Waals surface area contributed by atoms with Crippen LogP contribution < -0.4 is 17.0 Å². The number of hydrogen-bond donors (Lipinski definition) is 1. The summed E-state index contributed by atoms with van der Waals surface area (Å²) in [5.41, 5.74) is 4.66. The lowest BCUT2D eigenvalue weighted by Crippen LogP contribution is -3.00. The Labute approximate surface area is 135 Å². The van der Waals surface area contributed by atoms with Gasteiger partial charge in [-0.2, -0.15) is 4.57 Å². The van der Waals surface area contributed by atoms with Gasteiger partial charge >= 0.3 is 0 Å². The molecular weight excluding hydrogens is 292 g/mol. The first-order valence-electron chi connectivity index (χ1n) is 7.07. The molecule has 2 nitrogen and oxygen atoms in total. The van der Waals surface area contributed by atoms with Crippen molar-refractivity contribution in [2.24, 2.45) is 0 Å². The van der Waals surface area contributed by atoms with E-state index in [2.05, 4.69) is 82.3 Å². The van der Waals surface area contributed by atoms with Gasteiger partial charge in [-0.15, -0.1) is 0 Å². The summed E-state index contributed by atoms with van der Waals surface area (Å²) >= 11 is 0. The largest absolute Gasteiger partial charge is 1.00 e. The SMILES string of the molecule is [Cl-].c1ccc(-c2[nH]c3ccccc3[n+]2-c2ccccc2)cc1. The average Bonchev–Trinajstić information content (AvgIpc) is 2.96. The fraction of sp³-hybridized carbons (Fsp3) is 0. The van der Waals surface area contributed by atoms with Gasteiger partial charge in [-0.3, -0.25) is 0 Å². The van der Waals surface area contributed by atoms with E-state index in [1.165, 1.54) is 11.1 Å². The van der Waals surface area contributed by atoms with Crippen molar-refractivity contribution in [3.05, 3.63) is 84.9 Å². The van der Waals surface area contributed by atoms with Crippen LogP contribution in [0.3, 0.4) is 0 Å². The molecule has 3 aromatic carbocycles. The molecule has 0 unspecified atom stereocenters. The van der Waals surface area contributed by atoms with Crippen molar-refractivity contribution in [3.63, 3.8) is 0 Å². The van der Waals surface area contributed by atoms with Crippen molar-refractivity contribution >= 4 is 11.0 Å². The molecule has 1 heterocycles. The van der Waals surface area contributed by atoms with Gasteiger partial charge in [0.25, 0.3) is 5.82 Å². The van der Waals surface area contributed by atoms with Crippen molar-refractivity contribution in [1.29, 1.82) is 0 Å². The predicted octanol–water partition coefficient (Wildman–Crippen LogP) is 1.12. The second-order valence-corrected chi connectivity index (χ2v) is 5.03. The molecule has 22 heavy (non-hydrogen) atoms. The van der Waals surface area contributed by atoms with E-state index in [1.54, 1.807) is 0 Å². The fourth-order valence-electron chi connectivity index (χ4n) is 2.72. The highest BCUT2D eigenvalue weighted by atomic mass is 35.5. The van der Waals surface area contributed by atoms with E-state index in [9.17, 15) is 0 Å². The Morgan fingerprint density at radius 2 is 1.23 bits per heavy atom. The van der Waals surface area contributed by atoms with Crippen LogP contribution in [0, 0.1) is 0 Å². The molecule has 0 saturated heterocycles. The molecule has 108 valence electrons. The van der Waals surface area contributed by atoms with Gasteiger partial charge in [0.1, 0.15) is 5.69 Å². The van der Waals surface area contributed by atoms with Gasteiger partial charge in [0.2, 0.25) is 0 Å². The third-order valence-corrected chi connectivity index (χ3v) is 3.68. The standard InChI is InChI=1S/C19H14N2.ClH/c1-3-9-15(10-4-1)19-20-17-13-7-8-14-18(17)21(19)16-11-5-2-6-12-16;/h1-14H;1H. The number of halogens is 1. The summed E-state index contributed by atoms with van der Waals surface area (Å²) in [6.45, 7) is 0. The second kappa shape index (κ2) is 6.04. The monoisotopic (exact) mass is 306 g/mol. The van der Waals surface area contributed by atoms with E-state index in [0.717, 1.165) is 17.0 Å². The lowest BCUT2D eigenvalue weighted by molar-refractivity contribution is -0.554. The predicted molar refractivity (Wildman–Crippen MR) is 85.3 cm³/mol. The summed E-state index contributed by atoms with van der Waals surface area (Å²) in [5.74, 6) is 1.10. The number of aromatic amines is 1. The van der Waals surface area contributed by atoms with E-state index < -0.39 is 0 Å². The Balaban J connectivity index is 0.00000144. The first-order valence-corrected chi connectivity index (χ1v) is 7.07. The molecule has 4 rings (SSSR count). The van der Waals surface area contributed by atoms with E-state index in [0.29, 0.717) is 0 Å². The smallest absolute Gasteiger partial charge is 0.292 e. The molecule has 0 fully saturated rings. The molecule has 0 aliphatic rings. The number of hydrogen-bond acceptors (Lipinski definition) is 0. The molecule has 0 atom stereocenters. The van der Waals surface area contributed by atoms with Gasteiger partial charge < -0.3 is 12.4 Å². The normalized spacial score (nSPS) is 10.4. The summed E-state index contributed by atoms with van der Waals surface area (Å²) in [7, 11) is 0. The van der Waals surface area contributed by atoms with Crippen molar-refractivity contribution in [2.45, 2.75) is 0 Å². The molecule has 0 amide bonds. The molecule has 0 bridgehead atoms. The molecule has 1 aromatic heterocycles. The van der Waals surface area contributed by atoms with Crippen LogP contribution in [0.5, 0.6) is 0 Å². The van der Waals surface area contributed by atoms with E-state index in [4.69, 9.17) is 0 Å². The summed E-state index contributed by atoms with van der Waals surface area (Å²) in [4.78, 5) is 3.54. The second-order valence-electron chi connectivity index (χ2n) is 5.03. The first kappa shape index (κ1) is 14.4. The molecule has 3 heteroatoms. The van der Waals surface area contributed by atoms with Crippen LogP contribution in [-0.4, -0.2) is 4.98 Å². The summed E-state index contributed by atoms with van der Waals surface area (Å²) in [6.07, 6.45) is 0. The number of imidazole rings is 1. The van der Waals surface area contributed by atoms with Crippen molar-refractivity contribution in [2.75, 3.05) is 0 Å². The number of H-pyrrole nitrogens is 1. The van der Waals surface area contributed by atoms with E-state index in [-0.39, 0.29) is 12.4 Å². The molecule has 0 spiro atoms. The van der Waals surface area contributed by atoms with Crippen LogP contribution in [0.15, 0.2) is 84.9 Å². The third-order valence-electron chi connectivity index (χ3n) is 3.68. The Morgan fingerprint density at radius 3 is 1.95 bits per heavy atom. The number of para-hydroxylation sites is 3. The number of nitrogens with one attached hydrogen (secondary N) is 1. The van der Waals surface area contributed by atoms with Crippen LogP contribution in [0.2, 0.25) is 0 Å². The number of aromatic nitrogens is 2. The highest BCUT2D eigenvalue weighted by Crippen LogP contribution is 2.20. The zero-order valence-electron chi connectivity index (χ0n) is 11.9. The van der Waals surface area contributed by atoms with E-state index in [1.807, 2.05) is 12.1 Å². The molecule has 1 N–H and O–H groups in total. The van der Waals surface area contributed by atoms with Gasteiger partial charge in [-0.25, -0.2) is 4.98 Å². The van der Waals surface area contributed by atoms with Crippen LogP contribution >= 0.6 is 0 Å². The molecule has 4 aromatic rings. The van der Waals surface area contributed by atoms with Crippen LogP contribution in [0.1, 0.15) is 0 Å². The first-order chi connectivity index (χ1) is 10.4. The highest BCUT2D eigenvalue weighted by Gasteiger charge is 2.20. The average molecular weight is 307 g/mol. The molecule has 0 aliphatic carbocycles. The van der Waals surface area contributed by atoms with Crippen LogP contribution in [0.25, 0.3) is 28.1 Å². The minimum atomic E-state index is 0. The summed E-state index contributed by atoms with van der Waals surface area (Å²) in [5, 5.41) is 0. The topological polar surface area (TPSA) is 19.7 Å². The van der Waals surface area contributed by atoms with Crippen molar-refractivity contribution < 1.29 is 17.0 Å². The Hall–Kier alpha value is -2.58. The van der Waals surface area contributed by atoms with Crippen molar-refractivity contribution in [1.82, 2.24) is 4.98 Å². The fourth-order valence-corrected chi connectivity index (χ4v) is 2.72. The number of benzene rings is 3. The maximum atomic E-state index is 3.54. The van der Waals surface area contributed by atoms with Crippen molar-refractivity contribution in [3.8, 4) is 17.1 Å². The van der Waals surface area contributed by atoms with Gasteiger partial charge in [0.15, 0.2) is 11.0 Å². The third kappa shape index (κ3) is 2.38. The Morgan fingerprint density at radius 1 is 0.636 bits per heavy atom. The molecular formula is C19H15ClN2. The Bertz CT molecular complexity index is 883. The van der Waals surface area contributed by atoms with Crippen LogP contribution in [-0.2, 0) is 0 Å². The summed E-state index contributed by atoms with van der Waals surface area (Å²) < 4.78 is 2.27. The Kier molecular flexibility index (Phi) is 3.94. The molecule has 0 aliphatic heterocycles. The van der Waals surface area contributed by atoms with Gasteiger partial charge in [-0.1, -0.05) is 48.5 Å². The van der Waals surface area contributed by atoms with Crippen LogP contribution in [0.4, 0.5) is 0 Å². The zero-order chi connectivity index (χ0) is 14.1. The van der Waals surface area contributed by atoms with Gasteiger partial charge in [-0.05, 0) is 36.4 Å². The van der Waals surface area contributed by atoms with E-state index >= 15 is 0 Å². The van der Waals surface area contributed by atoms with Gasteiger partial charge in [0.05, 0.1) is 5.56 Å². The number of fused-ring (bicyclic) bond motifs is 1. The highest BCUT2D eigenvalue weighted by molar-refractivity contribution is 5.75. The summed E-state index contributed by atoms with van der Waals surface area (Å²) in [6, 6.07) is 29.3. The molecule has 0 saturated carbocycles. The number of rotatable bonds is 2. The zero-order valence-corrected chi connectivity index (χ0v) is 12.7. The lowest BCUT2D eigenvalue weighted by Gasteiger charge is -2.01. The maximum Gasteiger partial charge on any atom is 0.292 e. The minimum absolute atomic E-state index is 0. The quantitative estimate of drug-likeness (QED) is 0.536. The van der Waals surface area contributed by atoms with Gasteiger partial charge in [0, 0.05) is 0 Å². The minimum Gasteiger partial charge on any atom is -1.00 e. The number of nitrogens with zero attached hydrogens (tertiary/aromatic N) is 1.